The SMILES string of the molecule is CC=C[Si](C=CC)(C=CC)c1ccccc1. The lowest BCUT2D eigenvalue weighted by molar-refractivity contribution is 1.68. The smallest absolute Gasteiger partial charge is 0.0945 e. The summed E-state index contributed by atoms with van der Waals surface area (Å²) in [6, 6.07) is 10.8. The van der Waals surface area contributed by atoms with E-state index < -0.39 is 8.07 Å². The van der Waals surface area contributed by atoms with Gasteiger partial charge >= 0.3 is 0 Å². The maximum absolute atomic E-state index is 2.36. The summed E-state index contributed by atoms with van der Waals surface area (Å²) in [5.74, 6) is 0. The Morgan fingerprint density at radius 2 is 1.19 bits per heavy atom. The fourth-order valence-electron chi connectivity index (χ4n) is 2.01. The Bertz CT molecular complexity index is 354. The van der Waals surface area contributed by atoms with E-state index in [1.165, 1.54) is 5.19 Å². The molecule has 0 atom stereocenters. The Labute approximate surface area is 100 Å². The number of hydrogen-bond acceptors (Lipinski definition) is 0. The molecule has 0 N–H and O–H groups in total. The van der Waals surface area contributed by atoms with E-state index in [2.05, 4.69) is 86.4 Å². The monoisotopic (exact) mass is 228 g/mol. The van der Waals surface area contributed by atoms with E-state index >= 15 is 0 Å². The second kappa shape index (κ2) is 6.29. The predicted molar refractivity (Wildman–Crippen MR) is 76.3 cm³/mol. The quantitative estimate of drug-likeness (QED) is 0.690. The summed E-state index contributed by atoms with van der Waals surface area (Å²) >= 11 is 0. The molecule has 16 heavy (non-hydrogen) atoms. The van der Waals surface area contributed by atoms with Crippen LogP contribution in [-0.2, 0) is 0 Å². The van der Waals surface area contributed by atoms with Crippen molar-refractivity contribution in [1.29, 1.82) is 0 Å². The van der Waals surface area contributed by atoms with Crippen LogP contribution in [0.5, 0.6) is 0 Å². The highest BCUT2D eigenvalue weighted by molar-refractivity contribution is 7.03. The van der Waals surface area contributed by atoms with Crippen LogP contribution in [0.15, 0.2) is 65.7 Å². The molecule has 0 nitrogen and oxygen atoms in total. The van der Waals surface area contributed by atoms with Crippen LogP contribution in [0.3, 0.4) is 0 Å². The van der Waals surface area contributed by atoms with Crippen LogP contribution in [-0.4, -0.2) is 8.07 Å². The topological polar surface area (TPSA) is 0 Å². The fraction of sp³-hybridized carbons (Fsp3) is 0.200. The molecule has 1 aromatic carbocycles. The van der Waals surface area contributed by atoms with Crippen molar-refractivity contribution < 1.29 is 0 Å². The van der Waals surface area contributed by atoms with Gasteiger partial charge in [-0.1, -0.05) is 65.7 Å². The number of benzene rings is 1. The largest absolute Gasteiger partial charge is 0.156 e. The Hall–Kier alpha value is -1.34. The molecule has 0 heterocycles. The summed E-state index contributed by atoms with van der Waals surface area (Å²) in [5.41, 5.74) is 7.09. The maximum atomic E-state index is 2.36. The third-order valence-corrected chi connectivity index (χ3v) is 6.59. The second-order valence-electron chi connectivity index (χ2n) is 3.80. The number of hydrogen-bond donors (Lipinski definition) is 0. The van der Waals surface area contributed by atoms with Crippen LogP contribution in [0, 0.1) is 0 Å². The molecule has 1 heteroatoms. The summed E-state index contributed by atoms with van der Waals surface area (Å²) in [6.07, 6.45) is 6.50. The molecule has 0 aliphatic heterocycles. The van der Waals surface area contributed by atoms with Gasteiger partial charge in [-0.05, 0) is 26.0 Å². The number of allylic oxidation sites excluding steroid dienone is 3. The van der Waals surface area contributed by atoms with Gasteiger partial charge in [0.2, 0.25) is 0 Å². The van der Waals surface area contributed by atoms with E-state index in [1.54, 1.807) is 0 Å². The van der Waals surface area contributed by atoms with E-state index in [4.69, 9.17) is 0 Å². The van der Waals surface area contributed by atoms with E-state index in [9.17, 15) is 0 Å². The molecule has 0 saturated carbocycles. The van der Waals surface area contributed by atoms with Crippen LogP contribution in [0.2, 0.25) is 0 Å². The van der Waals surface area contributed by atoms with E-state index in [0.717, 1.165) is 0 Å². The third kappa shape index (κ3) is 2.83. The highest BCUT2D eigenvalue weighted by atomic mass is 28.3. The zero-order chi connectivity index (χ0) is 11.9. The summed E-state index contributed by atoms with van der Waals surface area (Å²) < 4.78 is 0. The Morgan fingerprint density at radius 3 is 1.56 bits per heavy atom. The van der Waals surface area contributed by atoms with Gasteiger partial charge in [0.1, 0.15) is 0 Å². The minimum Gasteiger partial charge on any atom is -0.0945 e. The van der Waals surface area contributed by atoms with Crippen molar-refractivity contribution in [1.82, 2.24) is 0 Å². The van der Waals surface area contributed by atoms with Crippen LogP contribution < -0.4 is 5.19 Å². The van der Waals surface area contributed by atoms with Crippen molar-refractivity contribution >= 4 is 13.3 Å². The fourth-order valence-corrected chi connectivity index (χ4v) is 5.34. The Morgan fingerprint density at radius 1 is 0.750 bits per heavy atom. The molecular formula is C15H20Si. The molecule has 0 unspecified atom stereocenters. The van der Waals surface area contributed by atoms with E-state index in [1.807, 2.05) is 0 Å². The molecule has 0 aliphatic carbocycles. The highest BCUT2D eigenvalue weighted by Crippen LogP contribution is 2.10. The highest BCUT2D eigenvalue weighted by Gasteiger charge is 2.25. The average molecular weight is 228 g/mol. The van der Waals surface area contributed by atoms with Gasteiger partial charge in [0, 0.05) is 0 Å². The summed E-state index contributed by atoms with van der Waals surface area (Å²) in [6.45, 7) is 6.28. The summed E-state index contributed by atoms with van der Waals surface area (Å²) in [5, 5.41) is 1.43. The standard InChI is InChI=1S/C15H20Si/c1-4-12-16(13-5-2,14-6-3)15-10-8-7-9-11-15/h4-14H,1-3H3. The molecule has 1 rings (SSSR count). The maximum Gasteiger partial charge on any atom is 0.156 e. The molecule has 0 saturated heterocycles. The average Bonchev–Trinajstić information content (AvgIpc) is 2.31. The van der Waals surface area contributed by atoms with Crippen molar-refractivity contribution in [2.45, 2.75) is 20.8 Å². The van der Waals surface area contributed by atoms with Gasteiger partial charge < -0.3 is 0 Å². The van der Waals surface area contributed by atoms with Crippen molar-refractivity contribution in [3.63, 3.8) is 0 Å². The van der Waals surface area contributed by atoms with Gasteiger partial charge in [-0.25, -0.2) is 0 Å². The normalized spacial score (nSPS) is 16.2. The Balaban J connectivity index is 3.32. The molecule has 0 spiro atoms. The summed E-state index contributed by atoms with van der Waals surface area (Å²) in [7, 11) is -1.71. The Kier molecular flexibility index (Phi) is 5.00. The van der Waals surface area contributed by atoms with Gasteiger partial charge in [-0.15, -0.1) is 0 Å². The van der Waals surface area contributed by atoms with Gasteiger partial charge in [-0.3, -0.25) is 0 Å². The van der Waals surface area contributed by atoms with Gasteiger partial charge in [0.25, 0.3) is 0 Å². The first-order valence-electron chi connectivity index (χ1n) is 5.76. The van der Waals surface area contributed by atoms with Crippen LogP contribution in [0.1, 0.15) is 20.8 Å². The molecule has 1 aromatic rings. The van der Waals surface area contributed by atoms with Crippen molar-refractivity contribution in [2.75, 3.05) is 0 Å². The minimum atomic E-state index is -1.71. The molecule has 0 aromatic heterocycles. The van der Waals surface area contributed by atoms with Crippen molar-refractivity contribution in [3.05, 3.63) is 65.7 Å². The number of rotatable bonds is 4. The second-order valence-corrected chi connectivity index (χ2v) is 7.24. The van der Waals surface area contributed by atoms with Crippen LogP contribution in [0.25, 0.3) is 0 Å². The van der Waals surface area contributed by atoms with E-state index in [-0.39, 0.29) is 0 Å². The first kappa shape index (κ1) is 12.7. The lowest BCUT2D eigenvalue weighted by atomic mass is 10.4. The first-order chi connectivity index (χ1) is 7.79. The molecule has 0 amide bonds. The molecule has 0 bridgehead atoms. The molecule has 0 aliphatic rings. The van der Waals surface area contributed by atoms with Gasteiger partial charge in [-0.2, -0.15) is 0 Å². The van der Waals surface area contributed by atoms with Crippen LogP contribution >= 0.6 is 0 Å². The molecular weight excluding hydrogens is 208 g/mol. The van der Waals surface area contributed by atoms with Crippen molar-refractivity contribution in [2.24, 2.45) is 0 Å². The molecule has 84 valence electrons. The van der Waals surface area contributed by atoms with Crippen molar-refractivity contribution in [3.8, 4) is 0 Å². The predicted octanol–water partition coefficient (Wildman–Crippen LogP) is 3.69. The lowest BCUT2D eigenvalue weighted by Crippen LogP contribution is -2.43. The van der Waals surface area contributed by atoms with Crippen LogP contribution in [0.4, 0.5) is 0 Å². The minimum absolute atomic E-state index is 1.43. The molecule has 0 fully saturated rings. The van der Waals surface area contributed by atoms with E-state index in [0.29, 0.717) is 0 Å². The van der Waals surface area contributed by atoms with Gasteiger partial charge in [0.15, 0.2) is 8.07 Å². The first-order valence-corrected chi connectivity index (χ1v) is 7.99. The van der Waals surface area contributed by atoms with Gasteiger partial charge in [0.05, 0.1) is 0 Å². The third-order valence-electron chi connectivity index (χ3n) is 2.60. The zero-order valence-corrected chi connectivity index (χ0v) is 11.4. The molecule has 0 radical (unpaired) electrons. The zero-order valence-electron chi connectivity index (χ0n) is 10.4. The lowest BCUT2D eigenvalue weighted by Gasteiger charge is -2.21. The summed E-state index contributed by atoms with van der Waals surface area (Å²) in [4.78, 5) is 0.